The predicted molar refractivity (Wildman–Crippen MR) is 66.2 cm³/mol. The summed E-state index contributed by atoms with van der Waals surface area (Å²) in [6.45, 7) is 2.86. The fourth-order valence-electron chi connectivity index (χ4n) is 1.89. The third-order valence-corrected chi connectivity index (χ3v) is 3.43. The minimum Gasteiger partial charge on any atom is -0.382 e. The zero-order valence-electron chi connectivity index (χ0n) is 9.17. The van der Waals surface area contributed by atoms with E-state index in [-0.39, 0.29) is 11.9 Å². The van der Waals surface area contributed by atoms with Crippen LogP contribution in [0.15, 0.2) is 22.7 Å². The van der Waals surface area contributed by atoms with Gasteiger partial charge in [0.1, 0.15) is 5.82 Å². The maximum Gasteiger partial charge on any atom is 0.124 e. The molecule has 16 heavy (non-hydrogen) atoms. The highest BCUT2D eigenvalue weighted by molar-refractivity contribution is 9.10. The van der Waals surface area contributed by atoms with Gasteiger partial charge >= 0.3 is 0 Å². The standard InChI is InChI=1S/C12H15BrFNO/c1-8-2-4-10(16-8)7-15-12-5-3-9(14)6-11(12)13/h3,5-6,8,10,15H,2,4,7H2,1H3. The molecule has 1 heterocycles. The second-order valence-electron chi connectivity index (χ2n) is 4.15. The van der Waals surface area contributed by atoms with Crippen molar-refractivity contribution >= 4 is 21.6 Å². The van der Waals surface area contributed by atoms with Gasteiger partial charge in [-0.15, -0.1) is 0 Å². The summed E-state index contributed by atoms with van der Waals surface area (Å²) in [5, 5.41) is 3.26. The van der Waals surface area contributed by atoms with E-state index in [4.69, 9.17) is 4.74 Å². The van der Waals surface area contributed by atoms with Crippen molar-refractivity contribution in [2.24, 2.45) is 0 Å². The van der Waals surface area contributed by atoms with Crippen LogP contribution in [0.25, 0.3) is 0 Å². The Morgan fingerprint density at radius 3 is 2.94 bits per heavy atom. The van der Waals surface area contributed by atoms with Gasteiger partial charge in [-0.25, -0.2) is 4.39 Å². The highest BCUT2D eigenvalue weighted by atomic mass is 79.9. The monoisotopic (exact) mass is 287 g/mol. The van der Waals surface area contributed by atoms with Gasteiger partial charge in [-0.05, 0) is 53.9 Å². The molecule has 1 aromatic carbocycles. The van der Waals surface area contributed by atoms with Gasteiger partial charge in [0, 0.05) is 16.7 Å². The van der Waals surface area contributed by atoms with E-state index >= 15 is 0 Å². The highest BCUT2D eigenvalue weighted by Crippen LogP contribution is 2.24. The van der Waals surface area contributed by atoms with Crippen molar-refractivity contribution in [1.82, 2.24) is 0 Å². The average molecular weight is 288 g/mol. The van der Waals surface area contributed by atoms with Crippen molar-refractivity contribution in [3.05, 3.63) is 28.5 Å². The Morgan fingerprint density at radius 1 is 1.50 bits per heavy atom. The summed E-state index contributed by atoms with van der Waals surface area (Å²) < 4.78 is 19.3. The van der Waals surface area contributed by atoms with Gasteiger partial charge in [-0.1, -0.05) is 0 Å². The number of halogens is 2. The molecule has 1 aliphatic heterocycles. The summed E-state index contributed by atoms with van der Waals surface area (Å²) in [6.07, 6.45) is 2.85. The molecule has 1 fully saturated rings. The lowest BCUT2D eigenvalue weighted by Crippen LogP contribution is -2.19. The number of anilines is 1. The SMILES string of the molecule is CC1CCC(CNc2ccc(F)cc2Br)O1. The Kier molecular flexibility index (Phi) is 3.82. The summed E-state index contributed by atoms with van der Waals surface area (Å²) in [4.78, 5) is 0. The first-order chi connectivity index (χ1) is 7.65. The summed E-state index contributed by atoms with van der Waals surface area (Å²) >= 11 is 3.33. The first kappa shape index (κ1) is 11.9. The average Bonchev–Trinajstić information content (AvgIpc) is 2.63. The molecule has 2 unspecified atom stereocenters. The molecule has 1 aromatic rings. The molecule has 2 nitrogen and oxygen atoms in total. The molecule has 1 N–H and O–H groups in total. The second-order valence-corrected chi connectivity index (χ2v) is 5.01. The van der Waals surface area contributed by atoms with Crippen LogP contribution in [0.5, 0.6) is 0 Å². The van der Waals surface area contributed by atoms with Gasteiger partial charge in [0.05, 0.1) is 12.2 Å². The molecule has 88 valence electrons. The summed E-state index contributed by atoms with van der Waals surface area (Å²) in [6, 6.07) is 4.64. The van der Waals surface area contributed by atoms with E-state index in [1.54, 1.807) is 6.07 Å². The van der Waals surface area contributed by atoms with Gasteiger partial charge in [-0.2, -0.15) is 0 Å². The lowest BCUT2D eigenvalue weighted by Gasteiger charge is -2.14. The molecule has 0 radical (unpaired) electrons. The zero-order valence-corrected chi connectivity index (χ0v) is 10.8. The Hall–Kier alpha value is -0.610. The van der Waals surface area contributed by atoms with Gasteiger partial charge in [0.25, 0.3) is 0 Å². The van der Waals surface area contributed by atoms with Crippen LogP contribution in [0.3, 0.4) is 0 Å². The van der Waals surface area contributed by atoms with E-state index in [1.165, 1.54) is 12.1 Å². The van der Waals surface area contributed by atoms with Crippen LogP contribution in [0, 0.1) is 5.82 Å². The Morgan fingerprint density at radius 2 is 2.31 bits per heavy atom. The third kappa shape index (κ3) is 2.95. The van der Waals surface area contributed by atoms with Crippen LogP contribution in [0.2, 0.25) is 0 Å². The smallest absolute Gasteiger partial charge is 0.124 e. The van der Waals surface area contributed by atoms with Crippen molar-refractivity contribution in [2.75, 3.05) is 11.9 Å². The highest BCUT2D eigenvalue weighted by Gasteiger charge is 2.21. The molecule has 2 atom stereocenters. The Labute approximate surface area is 103 Å². The zero-order chi connectivity index (χ0) is 11.5. The fourth-order valence-corrected chi connectivity index (χ4v) is 2.38. The van der Waals surface area contributed by atoms with E-state index in [1.807, 2.05) is 0 Å². The first-order valence-electron chi connectivity index (χ1n) is 5.49. The lowest BCUT2D eigenvalue weighted by molar-refractivity contribution is 0.0637. The van der Waals surface area contributed by atoms with Crippen LogP contribution in [-0.2, 0) is 4.74 Å². The first-order valence-corrected chi connectivity index (χ1v) is 6.29. The second kappa shape index (κ2) is 5.15. The van der Waals surface area contributed by atoms with E-state index in [0.29, 0.717) is 6.10 Å². The molecule has 4 heteroatoms. The van der Waals surface area contributed by atoms with Gasteiger partial charge < -0.3 is 10.1 Å². The molecule has 1 saturated heterocycles. The van der Waals surface area contributed by atoms with Crippen LogP contribution in [-0.4, -0.2) is 18.8 Å². The number of hydrogen-bond acceptors (Lipinski definition) is 2. The van der Waals surface area contributed by atoms with E-state index in [2.05, 4.69) is 28.2 Å². The molecule has 2 rings (SSSR count). The minimum absolute atomic E-state index is 0.233. The molecule has 0 spiro atoms. The van der Waals surface area contributed by atoms with Gasteiger partial charge in [0.2, 0.25) is 0 Å². The van der Waals surface area contributed by atoms with Crippen LogP contribution >= 0.6 is 15.9 Å². The largest absolute Gasteiger partial charge is 0.382 e. The molecule has 0 bridgehead atoms. The third-order valence-electron chi connectivity index (χ3n) is 2.77. The topological polar surface area (TPSA) is 21.3 Å². The molecule has 0 aliphatic carbocycles. The van der Waals surface area contributed by atoms with E-state index < -0.39 is 0 Å². The van der Waals surface area contributed by atoms with Crippen molar-refractivity contribution in [1.29, 1.82) is 0 Å². The molecule has 0 amide bonds. The van der Waals surface area contributed by atoms with Crippen molar-refractivity contribution in [2.45, 2.75) is 32.0 Å². The maximum absolute atomic E-state index is 12.9. The van der Waals surface area contributed by atoms with Gasteiger partial charge in [0.15, 0.2) is 0 Å². The van der Waals surface area contributed by atoms with Crippen LogP contribution in [0.4, 0.5) is 10.1 Å². The van der Waals surface area contributed by atoms with Crippen LogP contribution in [0.1, 0.15) is 19.8 Å². The molecule has 0 saturated carbocycles. The number of rotatable bonds is 3. The Bertz CT molecular complexity index is 372. The van der Waals surface area contributed by atoms with E-state index in [9.17, 15) is 4.39 Å². The maximum atomic E-state index is 12.9. The van der Waals surface area contributed by atoms with Crippen molar-refractivity contribution in [3.8, 4) is 0 Å². The van der Waals surface area contributed by atoms with Crippen molar-refractivity contribution < 1.29 is 9.13 Å². The molecule has 0 aromatic heterocycles. The summed E-state index contributed by atoms with van der Waals surface area (Å²) in [5.74, 6) is -0.233. The summed E-state index contributed by atoms with van der Waals surface area (Å²) in [5.41, 5.74) is 0.907. The lowest BCUT2D eigenvalue weighted by atomic mass is 10.2. The van der Waals surface area contributed by atoms with E-state index in [0.717, 1.165) is 29.5 Å². The van der Waals surface area contributed by atoms with Crippen molar-refractivity contribution in [3.63, 3.8) is 0 Å². The fraction of sp³-hybridized carbons (Fsp3) is 0.500. The minimum atomic E-state index is -0.233. The Balaban J connectivity index is 1.89. The number of ether oxygens (including phenoxy) is 1. The molecule has 1 aliphatic rings. The summed E-state index contributed by atoms with van der Waals surface area (Å²) in [7, 11) is 0. The predicted octanol–water partition coefficient (Wildman–Crippen LogP) is 3.57. The number of benzene rings is 1. The number of hydrogen-bond donors (Lipinski definition) is 1. The molecular formula is C12H15BrFNO. The molecular weight excluding hydrogens is 273 g/mol. The normalized spacial score (nSPS) is 24.7. The van der Waals surface area contributed by atoms with Gasteiger partial charge in [-0.3, -0.25) is 0 Å². The quantitative estimate of drug-likeness (QED) is 0.918. The van der Waals surface area contributed by atoms with Crippen LogP contribution < -0.4 is 5.32 Å². The number of nitrogens with one attached hydrogen (secondary N) is 1.